The first-order chi connectivity index (χ1) is 11.8. The van der Waals surface area contributed by atoms with Crippen LogP contribution in [0.3, 0.4) is 0 Å². The van der Waals surface area contributed by atoms with Crippen LogP contribution in [-0.4, -0.2) is 36.7 Å². The van der Waals surface area contributed by atoms with E-state index in [4.69, 9.17) is 4.74 Å². The van der Waals surface area contributed by atoms with E-state index in [9.17, 15) is 4.79 Å². The van der Waals surface area contributed by atoms with E-state index in [1.54, 1.807) is 7.11 Å². The molecule has 2 aliphatic heterocycles. The maximum atomic E-state index is 12.8. The van der Waals surface area contributed by atoms with Crippen LogP contribution in [0.25, 0.3) is 6.08 Å². The van der Waals surface area contributed by atoms with Gasteiger partial charge in [0.2, 0.25) is 0 Å². The summed E-state index contributed by atoms with van der Waals surface area (Å²) in [7, 11) is 1.66. The lowest BCUT2D eigenvalue weighted by molar-refractivity contribution is 0.0780. The maximum Gasteiger partial charge on any atom is 0.256 e. The van der Waals surface area contributed by atoms with Crippen LogP contribution in [0.4, 0.5) is 5.69 Å². The number of para-hydroxylation sites is 1. The third-order valence-electron chi connectivity index (χ3n) is 4.58. The smallest absolute Gasteiger partial charge is 0.256 e. The first-order valence-electron chi connectivity index (χ1n) is 8.05. The molecule has 4 heteroatoms. The average molecular weight is 318 g/mol. The fourth-order valence-corrected chi connectivity index (χ4v) is 3.29. The van der Waals surface area contributed by atoms with Crippen molar-refractivity contribution in [2.75, 3.05) is 13.7 Å². The van der Waals surface area contributed by atoms with Crippen LogP contribution in [0.1, 0.15) is 22.3 Å². The molecule has 0 radical (unpaired) electrons. The molecule has 0 spiro atoms. The summed E-state index contributed by atoms with van der Waals surface area (Å²) < 4.78 is 5.20. The molecule has 24 heavy (non-hydrogen) atoms. The van der Waals surface area contributed by atoms with E-state index in [2.05, 4.69) is 11.1 Å². The molecule has 1 saturated heterocycles. The zero-order valence-electron chi connectivity index (χ0n) is 13.5. The lowest BCUT2D eigenvalue weighted by Gasteiger charge is -2.20. The normalized spacial score (nSPS) is 20.7. The first-order valence-corrected chi connectivity index (χ1v) is 8.05. The topological polar surface area (TPSA) is 41.9 Å². The van der Waals surface area contributed by atoms with E-state index in [0.717, 1.165) is 30.0 Å². The Morgan fingerprint density at radius 3 is 2.75 bits per heavy atom. The van der Waals surface area contributed by atoms with Crippen LogP contribution in [0.2, 0.25) is 0 Å². The molecule has 120 valence electrons. The van der Waals surface area contributed by atoms with Gasteiger partial charge in [0.05, 0.1) is 24.4 Å². The van der Waals surface area contributed by atoms with Crippen molar-refractivity contribution in [1.82, 2.24) is 4.90 Å². The minimum Gasteiger partial charge on any atom is -0.497 e. The van der Waals surface area contributed by atoms with Gasteiger partial charge in [-0.25, -0.2) is 0 Å². The summed E-state index contributed by atoms with van der Waals surface area (Å²) in [5.74, 6) is 0.901. The number of rotatable bonds is 2. The van der Waals surface area contributed by atoms with E-state index >= 15 is 0 Å². The van der Waals surface area contributed by atoms with Gasteiger partial charge < -0.3 is 9.64 Å². The van der Waals surface area contributed by atoms with Crippen LogP contribution in [-0.2, 0) is 0 Å². The third-order valence-corrected chi connectivity index (χ3v) is 4.58. The standard InChI is InChI=1S/C20H18N2O2/c1-24-16-8-6-14(7-9-16)12-15-10-11-22-19(15)13-21-18-5-3-2-4-17(18)20(22)23/h2-9,12-13,19H,10-11H2,1H3. The number of nitrogens with zero attached hydrogens (tertiary/aromatic N) is 2. The summed E-state index contributed by atoms with van der Waals surface area (Å²) in [6.07, 6.45) is 4.92. The van der Waals surface area contributed by atoms with Gasteiger partial charge in [0.25, 0.3) is 5.91 Å². The molecule has 1 atom stereocenters. The summed E-state index contributed by atoms with van der Waals surface area (Å²) in [5.41, 5.74) is 3.75. The molecule has 1 fully saturated rings. The second kappa shape index (κ2) is 5.96. The van der Waals surface area contributed by atoms with Crippen LogP contribution in [0.15, 0.2) is 59.1 Å². The molecule has 1 amide bonds. The highest BCUT2D eigenvalue weighted by atomic mass is 16.5. The molecule has 0 saturated carbocycles. The van der Waals surface area contributed by atoms with Crippen molar-refractivity contribution < 1.29 is 9.53 Å². The molecular weight excluding hydrogens is 300 g/mol. The molecule has 2 aromatic rings. The van der Waals surface area contributed by atoms with E-state index in [-0.39, 0.29) is 11.9 Å². The van der Waals surface area contributed by atoms with E-state index in [1.165, 1.54) is 5.57 Å². The highest BCUT2D eigenvalue weighted by molar-refractivity contribution is 6.03. The number of carbonyl (C=O) groups excluding carboxylic acids is 1. The van der Waals surface area contributed by atoms with E-state index in [1.807, 2.05) is 59.6 Å². The Hall–Kier alpha value is -2.88. The average Bonchev–Trinajstić information content (AvgIpc) is 2.96. The number of fused-ring (bicyclic) bond motifs is 2. The predicted molar refractivity (Wildman–Crippen MR) is 95.0 cm³/mol. The number of methoxy groups -OCH3 is 1. The van der Waals surface area contributed by atoms with E-state index < -0.39 is 0 Å². The molecule has 2 aliphatic rings. The van der Waals surface area contributed by atoms with Crippen LogP contribution in [0.5, 0.6) is 5.75 Å². The van der Waals surface area contributed by atoms with Gasteiger partial charge in [0.1, 0.15) is 5.75 Å². The van der Waals surface area contributed by atoms with Crippen molar-refractivity contribution in [3.05, 3.63) is 65.2 Å². The molecule has 1 unspecified atom stereocenters. The summed E-state index contributed by atoms with van der Waals surface area (Å²) in [5, 5.41) is 0. The molecule has 0 bridgehead atoms. The fraction of sp³-hybridized carbons (Fsp3) is 0.200. The molecular formula is C20H18N2O2. The summed E-state index contributed by atoms with van der Waals surface area (Å²) in [6, 6.07) is 15.4. The Bertz CT molecular complexity index is 837. The number of ether oxygens (including phenoxy) is 1. The van der Waals surface area contributed by atoms with Crippen molar-refractivity contribution in [3.8, 4) is 5.75 Å². The molecule has 0 N–H and O–H groups in total. The largest absolute Gasteiger partial charge is 0.497 e. The monoisotopic (exact) mass is 318 g/mol. The predicted octanol–water partition coefficient (Wildman–Crippen LogP) is 3.71. The summed E-state index contributed by atoms with van der Waals surface area (Å²) in [4.78, 5) is 19.3. The number of benzene rings is 2. The Morgan fingerprint density at radius 1 is 1.17 bits per heavy atom. The minimum atomic E-state index is -0.0630. The molecule has 0 aromatic heterocycles. The Balaban J connectivity index is 1.67. The Labute approximate surface area is 141 Å². The third kappa shape index (κ3) is 2.50. The van der Waals surface area contributed by atoms with Gasteiger partial charge in [-0.2, -0.15) is 0 Å². The van der Waals surface area contributed by atoms with Crippen LogP contribution in [0, 0.1) is 0 Å². The second-order valence-electron chi connectivity index (χ2n) is 5.98. The zero-order valence-corrected chi connectivity index (χ0v) is 13.5. The number of hydrogen-bond acceptors (Lipinski definition) is 3. The molecule has 2 aromatic carbocycles. The number of aliphatic imine (C=N–C) groups is 1. The van der Waals surface area contributed by atoms with Gasteiger partial charge in [-0.05, 0) is 41.8 Å². The lowest BCUT2D eigenvalue weighted by Crippen LogP contribution is -2.35. The zero-order chi connectivity index (χ0) is 16.5. The second-order valence-corrected chi connectivity index (χ2v) is 5.98. The molecule has 0 aliphatic carbocycles. The van der Waals surface area contributed by atoms with Gasteiger partial charge in [-0.1, -0.05) is 30.3 Å². The van der Waals surface area contributed by atoms with Crippen LogP contribution < -0.4 is 4.74 Å². The highest BCUT2D eigenvalue weighted by Crippen LogP contribution is 2.32. The Kier molecular flexibility index (Phi) is 3.65. The maximum absolute atomic E-state index is 12.8. The van der Waals surface area contributed by atoms with E-state index in [0.29, 0.717) is 5.56 Å². The van der Waals surface area contributed by atoms with Gasteiger partial charge in [-0.15, -0.1) is 0 Å². The Morgan fingerprint density at radius 2 is 1.96 bits per heavy atom. The van der Waals surface area contributed by atoms with Crippen molar-refractivity contribution in [1.29, 1.82) is 0 Å². The number of carbonyl (C=O) groups is 1. The molecule has 2 heterocycles. The van der Waals surface area contributed by atoms with Gasteiger partial charge >= 0.3 is 0 Å². The number of hydrogen-bond donors (Lipinski definition) is 0. The molecule has 4 nitrogen and oxygen atoms in total. The minimum absolute atomic E-state index is 0.0613. The van der Waals surface area contributed by atoms with Crippen molar-refractivity contribution in [3.63, 3.8) is 0 Å². The van der Waals surface area contributed by atoms with Gasteiger partial charge in [-0.3, -0.25) is 9.79 Å². The van der Waals surface area contributed by atoms with Gasteiger partial charge in [0, 0.05) is 12.8 Å². The molecule has 4 rings (SSSR count). The van der Waals surface area contributed by atoms with Crippen molar-refractivity contribution >= 4 is 23.9 Å². The fourth-order valence-electron chi connectivity index (χ4n) is 3.29. The SMILES string of the molecule is COc1ccc(C=C2CCN3C(=O)c4ccccc4N=CC23)cc1. The lowest BCUT2D eigenvalue weighted by atomic mass is 10.0. The number of amides is 1. The van der Waals surface area contributed by atoms with Crippen molar-refractivity contribution in [2.24, 2.45) is 4.99 Å². The van der Waals surface area contributed by atoms with Crippen LogP contribution >= 0.6 is 0 Å². The first kappa shape index (κ1) is 14.7. The van der Waals surface area contributed by atoms with Gasteiger partial charge in [0.15, 0.2) is 0 Å². The quantitative estimate of drug-likeness (QED) is 0.847. The summed E-state index contributed by atoms with van der Waals surface area (Å²) in [6.45, 7) is 0.728. The summed E-state index contributed by atoms with van der Waals surface area (Å²) >= 11 is 0. The highest BCUT2D eigenvalue weighted by Gasteiger charge is 2.34. The van der Waals surface area contributed by atoms with Crippen molar-refractivity contribution in [2.45, 2.75) is 12.5 Å².